The van der Waals surface area contributed by atoms with E-state index in [-0.39, 0.29) is 17.2 Å². The molecule has 0 unspecified atom stereocenters. The van der Waals surface area contributed by atoms with E-state index in [1.54, 1.807) is 37.7 Å². The molecule has 2 aromatic heterocycles. The standard InChI is InChI=1S/C32H34Cl2N8O3/c1-45-28-7-5-24(42-21-37-38-39-42)18-25(28)29(43)41-16-9-31(20-41,22-4-6-26(33)27(34)17-22)8-13-40-14-10-32(11-15-40,30(35)44)23-3-2-12-36-19-23/h2-7,12,17-19,21H,8-11,13-16,20H2,1H3,(H2,35,44)/t31-/m0/s1. The van der Waals surface area contributed by atoms with Gasteiger partial charge in [-0.1, -0.05) is 35.3 Å². The molecule has 2 aromatic carbocycles. The highest BCUT2D eigenvalue weighted by Gasteiger charge is 2.45. The second-order valence-electron chi connectivity index (χ2n) is 11.8. The lowest BCUT2D eigenvalue weighted by molar-refractivity contribution is -0.125. The Morgan fingerprint density at radius 3 is 2.49 bits per heavy atom. The van der Waals surface area contributed by atoms with Crippen LogP contribution in [0.15, 0.2) is 67.3 Å². The summed E-state index contributed by atoms with van der Waals surface area (Å²) in [7, 11) is 1.55. The Morgan fingerprint density at radius 2 is 1.82 bits per heavy atom. The highest BCUT2D eigenvalue weighted by atomic mass is 35.5. The van der Waals surface area contributed by atoms with Crippen molar-refractivity contribution in [3.63, 3.8) is 0 Å². The maximum Gasteiger partial charge on any atom is 0.257 e. The number of piperidine rings is 1. The molecule has 2 saturated heterocycles. The number of nitrogens with two attached hydrogens (primary N) is 1. The summed E-state index contributed by atoms with van der Waals surface area (Å²) in [6.45, 7) is 3.28. The first kappa shape index (κ1) is 30.9. The largest absolute Gasteiger partial charge is 0.496 e. The Hall–Kier alpha value is -4.06. The zero-order chi connectivity index (χ0) is 31.6. The number of pyridine rings is 1. The lowest BCUT2D eigenvalue weighted by Gasteiger charge is -2.41. The van der Waals surface area contributed by atoms with Crippen LogP contribution in [0, 0.1) is 0 Å². The van der Waals surface area contributed by atoms with Crippen molar-refractivity contribution in [2.75, 3.05) is 39.8 Å². The normalized spacial score (nSPS) is 19.8. The molecule has 4 heterocycles. The number of ether oxygens (including phenoxy) is 1. The molecule has 2 aliphatic heterocycles. The smallest absolute Gasteiger partial charge is 0.257 e. The van der Waals surface area contributed by atoms with Gasteiger partial charge in [-0.25, -0.2) is 4.68 Å². The first-order valence-corrected chi connectivity index (χ1v) is 15.6. The maximum absolute atomic E-state index is 14.0. The van der Waals surface area contributed by atoms with Gasteiger partial charge in [-0.2, -0.15) is 0 Å². The summed E-state index contributed by atoms with van der Waals surface area (Å²) >= 11 is 12.8. The first-order chi connectivity index (χ1) is 21.7. The SMILES string of the molecule is COc1ccc(-n2cnnn2)cc1C(=O)N1CC[C@](CCN2CCC(C(N)=O)(c3cccnc3)CC2)(c2ccc(Cl)c(Cl)c2)C1. The minimum absolute atomic E-state index is 0.135. The molecule has 13 heteroatoms. The van der Waals surface area contributed by atoms with Crippen LogP contribution >= 0.6 is 23.2 Å². The van der Waals surface area contributed by atoms with Crippen molar-refractivity contribution < 1.29 is 14.3 Å². The highest BCUT2D eigenvalue weighted by molar-refractivity contribution is 6.42. The second kappa shape index (κ2) is 12.7. The summed E-state index contributed by atoms with van der Waals surface area (Å²) in [5, 5.41) is 12.3. The fraction of sp³-hybridized carbons (Fsp3) is 0.375. The van der Waals surface area contributed by atoms with Gasteiger partial charge in [0.2, 0.25) is 5.91 Å². The van der Waals surface area contributed by atoms with Crippen LogP contribution in [0.3, 0.4) is 0 Å². The lowest BCUT2D eigenvalue weighted by Crippen LogP contribution is -2.50. The summed E-state index contributed by atoms with van der Waals surface area (Å²) in [5.74, 6) is 0.0278. The van der Waals surface area contributed by atoms with E-state index in [1.807, 2.05) is 35.2 Å². The van der Waals surface area contributed by atoms with E-state index in [9.17, 15) is 9.59 Å². The Morgan fingerprint density at radius 1 is 1.00 bits per heavy atom. The van der Waals surface area contributed by atoms with E-state index in [2.05, 4.69) is 25.4 Å². The summed E-state index contributed by atoms with van der Waals surface area (Å²) in [6.07, 6.45) is 7.70. The van der Waals surface area contributed by atoms with Crippen molar-refractivity contribution in [3.8, 4) is 11.4 Å². The van der Waals surface area contributed by atoms with Crippen LogP contribution in [0.25, 0.3) is 5.69 Å². The molecule has 6 rings (SSSR count). The number of benzene rings is 2. The molecule has 2 aliphatic rings. The number of hydrogen-bond donors (Lipinski definition) is 1. The van der Waals surface area contributed by atoms with Crippen molar-refractivity contribution in [1.82, 2.24) is 35.0 Å². The third kappa shape index (κ3) is 5.99. The number of amides is 2. The number of carbonyl (C=O) groups is 2. The van der Waals surface area contributed by atoms with Crippen molar-refractivity contribution in [1.29, 1.82) is 0 Å². The van der Waals surface area contributed by atoms with Crippen LogP contribution in [-0.2, 0) is 15.6 Å². The third-order valence-electron chi connectivity index (χ3n) is 9.50. The number of primary amides is 1. The van der Waals surface area contributed by atoms with Crippen molar-refractivity contribution in [2.45, 2.75) is 36.5 Å². The maximum atomic E-state index is 14.0. The number of carbonyl (C=O) groups excluding carboxylic acids is 2. The van der Waals surface area contributed by atoms with Crippen LogP contribution < -0.4 is 10.5 Å². The van der Waals surface area contributed by atoms with Crippen LogP contribution in [0.5, 0.6) is 5.75 Å². The predicted molar refractivity (Wildman–Crippen MR) is 170 cm³/mol. The number of rotatable bonds is 9. The molecular weight excluding hydrogens is 615 g/mol. The third-order valence-corrected chi connectivity index (χ3v) is 10.2. The van der Waals surface area contributed by atoms with E-state index in [1.165, 1.54) is 11.0 Å². The van der Waals surface area contributed by atoms with Crippen LogP contribution in [-0.4, -0.2) is 86.6 Å². The molecule has 45 heavy (non-hydrogen) atoms. The van der Waals surface area contributed by atoms with Gasteiger partial charge in [-0.3, -0.25) is 14.6 Å². The first-order valence-electron chi connectivity index (χ1n) is 14.8. The average Bonchev–Trinajstić information content (AvgIpc) is 3.77. The summed E-state index contributed by atoms with van der Waals surface area (Å²) in [6, 6.07) is 14.8. The number of tetrazole rings is 1. The van der Waals surface area contributed by atoms with Gasteiger partial charge in [-0.15, -0.1) is 5.10 Å². The molecule has 0 aliphatic carbocycles. The Kier molecular flexibility index (Phi) is 8.76. The van der Waals surface area contributed by atoms with Gasteiger partial charge in [0, 0.05) is 30.9 Å². The molecule has 234 valence electrons. The molecule has 2 amide bonds. The average molecular weight is 650 g/mol. The molecule has 0 spiro atoms. The van der Waals surface area contributed by atoms with Crippen LogP contribution in [0.4, 0.5) is 0 Å². The minimum atomic E-state index is -0.724. The Bertz CT molecular complexity index is 1680. The molecule has 0 bridgehead atoms. The van der Waals surface area contributed by atoms with Gasteiger partial charge in [0.15, 0.2) is 0 Å². The molecule has 1 atom stereocenters. The number of methoxy groups -OCH3 is 1. The van der Waals surface area contributed by atoms with E-state index >= 15 is 0 Å². The lowest BCUT2D eigenvalue weighted by atomic mass is 9.72. The van der Waals surface area contributed by atoms with Gasteiger partial charge in [0.25, 0.3) is 5.91 Å². The Labute approximate surface area is 271 Å². The molecule has 2 fully saturated rings. The molecule has 0 radical (unpaired) electrons. The fourth-order valence-corrected chi connectivity index (χ4v) is 7.06. The molecule has 0 saturated carbocycles. The van der Waals surface area contributed by atoms with E-state index in [0.717, 1.165) is 43.6 Å². The Balaban J connectivity index is 1.23. The van der Waals surface area contributed by atoms with Gasteiger partial charge in [0.1, 0.15) is 12.1 Å². The number of likely N-dealkylation sites (tertiary alicyclic amines) is 2. The number of hydrogen-bond acceptors (Lipinski definition) is 8. The molecule has 11 nitrogen and oxygen atoms in total. The molecule has 2 N–H and O–H groups in total. The van der Waals surface area contributed by atoms with Crippen LogP contribution in [0.2, 0.25) is 10.0 Å². The van der Waals surface area contributed by atoms with E-state index < -0.39 is 5.41 Å². The van der Waals surface area contributed by atoms with Crippen molar-refractivity contribution in [2.24, 2.45) is 5.73 Å². The minimum Gasteiger partial charge on any atom is -0.496 e. The summed E-state index contributed by atoms with van der Waals surface area (Å²) in [4.78, 5) is 35.2. The topological polar surface area (TPSA) is 132 Å². The number of aromatic nitrogens is 5. The molecular formula is C32H34Cl2N8O3. The van der Waals surface area contributed by atoms with Crippen molar-refractivity contribution in [3.05, 3.63) is 94.0 Å². The highest BCUT2D eigenvalue weighted by Crippen LogP contribution is 2.42. The fourth-order valence-electron chi connectivity index (χ4n) is 6.77. The van der Waals surface area contributed by atoms with Crippen molar-refractivity contribution >= 4 is 35.0 Å². The number of nitrogens with zero attached hydrogens (tertiary/aromatic N) is 7. The molecule has 4 aromatic rings. The van der Waals surface area contributed by atoms with Gasteiger partial charge < -0.3 is 20.3 Å². The van der Waals surface area contributed by atoms with E-state index in [0.29, 0.717) is 53.0 Å². The zero-order valence-corrected chi connectivity index (χ0v) is 26.4. The van der Waals surface area contributed by atoms with Gasteiger partial charge >= 0.3 is 0 Å². The summed E-state index contributed by atoms with van der Waals surface area (Å²) < 4.78 is 7.07. The van der Waals surface area contributed by atoms with Gasteiger partial charge in [-0.05, 0) is 103 Å². The summed E-state index contributed by atoms with van der Waals surface area (Å²) in [5.41, 5.74) is 7.88. The number of halogens is 2. The predicted octanol–water partition coefficient (Wildman–Crippen LogP) is 4.07. The van der Waals surface area contributed by atoms with E-state index in [4.69, 9.17) is 33.7 Å². The quantitative estimate of drug-likeness (QED) is 0.287. The zero-order valence-electron chi connectivity index (χ0n) is 24.9. The monoisotopic (exact) mass is 648 g/mol. The second-order valence-corrected chi connectivity index (χ2v) is 12.6. The van der Waals surface area contributed by atoms with Crippen LogP contribution in [0.1, 0.15) is 47.2 Å². The van der Waals surface area contributed by atoms with Gasteiger partial charge in [0.05, 0.1) is 33.8 Å².